The lowest BCUT2D eigenvalue weighted by atomic mass is 9.84. The fourth-order valence-electron chi connectivity index (χ4n) is 4.93. The number of rotatable bonds is 5. The second kappa shape index (κ2) is 14.0. The highest BCUT2D eigenvalue weighted by molar-refractivity contribution is 5.73. The smallest absolute Gasteiger partial charge is 0.475 e. The predicted molar refractivity (Wildman–Crippen MR) is 129 cm³/mol. The Labute approximate surface area is 217 Å². The van der Waals surface area contributed by atoms with Gasteiger partial charge in [0.2, 0.25) is 0 Å². The molecule has 2 N–H and O–H groups in total. The van der Waals surface area contributed by atoms with Crippen LogP contribution in [0.25, 0.3) is 6.08 Å². The van der Waals surface area contributed by atoms with E-state index in [1.807, 2.05) is 0 Å². The Hall–Kier alpha value is -2.60. The van der Waals surface area contributed by atoms with Gasteiger partial charge in [0.05, 0.1) is 0 Å². The molecule has 3 aliphatic rings. The minimum atomic E-state index is -5.08. The predicted octanol–water partition coefficient (Wildman–Crippen LogP) is 5.55. The number of carboxylic acids is 2. The minimum absolute atomic E-state index is 0.799. The lowest BCUT2D eigenvalue weighted by Crippen LogP contribution is -2.47. The summed E-state index contributed by atoms with van der Waals surface area (Å²) >= 11 is 0. The highest BCUT2D eigenvalue weighted by atomic mass is 19.4. The summed E-state index contributed by atoms with van der Waals surface area (Å²) in [6.45, 7) is 7.49. The van der Waals surface area contributed by atoms with Gasteiger partial charge < -0.3 is 15.1 Å². The maximum atomic E-state index is 10.6. The van der Waals surface area contributed by atoms with Gasteiger partial charge in [-0.3, -0.25) is 4.90 Å². The molecule has 0 amide bonds. The Morgan fingerprint density at radius 3 is 1.79 bits per heavy atom. The summed E-state index contributed by atoms with van der Waals surface area (Å²) in [6.07, 6.45) is 3.49. The fourth-order valence-corrected chi connectivity index (χ4v) is 4.93. The molecule has 2 aliphatic carbocycles. The number of aliphatic carboxylic acids is 2. The first-order valence-electron chi connectivity index (χ1n) is 12.5. The van der Waals surface area contributed by atoms with E-state index < -0.39 is 24.3 Å². The summed E-state index contributed by atoms with van der Waals surface area (Å²) in [6, 6.07) is 10.6. The molecule has 1 aromatic rings. The molecule has 1 saturated heterocycles. The summed E-state index contributed by atoms with van der Waals surface area (Å²) in [5.74, 6) is -4.48. The molecule has 1 heterocycles. The van der Waals surface area contributed by atoms with Crippen LogP contribution in [0.4, 0.5) is 26.3 Å². The Morgan fingerprint density at radius 1 is 0.842 bits per heavy atom. The highest BCUT2D eigenvalue weighted by Crippen LogP contribution is 2.61. The standard InChI is InChI=1S/C22H32N2.2C2HF3O2/c1-3-8-20(9-4-1)10-7-13-23-14-16-24(17-15-23)19-21-18-22(21)11-5-2-6-12-22;2*3-2(4,5)1(6)7/h1,3-4,7-10,21H,2,5-6,11-19H2;2*(H,6,7). The van der Waals surface area contributed by atoms with Crippen molar-refractivity contribution in [2.75, 3.05) is 39.3 Å². The molecule has 1 atom stereocenters. The summed E-state index contributed by atoms with van der Waals surface area (Å²) < 4.78 is 63.5. The van der Waals surface area contributed by atoms with E-state index in [2.05, 4.69) is 52.3 Å². The third-order valence-electron chi connectivity index (χ3n) is 7.11. The highest BCUT2D eigenvalue weighted by Gasteiger charge is 2.53. The quantitative estimate of drug-likeness (QED) is 0.466. The number of alkyl halides is 6. The van der Waals surface area contributed by atoms with E-state index in [9.17, 15) is 26.3 Å². The number of hydrogen-bond donors (Lipinski definition) is 2. The van der Waals surface area contributed by atoms with Crippen molar-refractivity contribution >= 4 is 18.0 Å². The molecule has 0 bridgehead atoms. The Bertz CT molecular complexity index is 883. The van der Waals surface area contributed by atoms with Crippen molar-refractivity contribution in [2.24, 2.45) is 11.3 Å². The van der Waals surface area contributed by atoms with Crippen LogP contribution in [0.5, 0.6) is 0 Å². The molecular formula is C26H34F6N2O4. The zero-order valence-corrected chi connectivity index (χ0v) is 21.0. The number of piperazine rings is 1. The molecule has 214 valence electrons. The van der Waals surface area contributed by atoms with Crippen molar-refractivity contribution < 1.29 is 46.1 Å². The number of carbonyl (C=O) groups is 2. The molecule has 0 aromatic heterocycles. The van der Waals surface area contributed by atoms with Crippen LogP contribution in [-0.4, -0.2) is 83.6 Å². The van der Waals surface area contributed by atoms with Gasteiger partial charge in [-0.05, 0) is 36.2 Å². The molecule has 2 saturated carbocycles. The van der Waals surface area contributed by atoms with Crippen LogP contribution in [0.1, 0.15) is 44.1 Å². The zero-order chi connectivity index (χ0) is 28.4. The topological polar surface area (TPSA) is 81.1 Å². The Morgan fingerprint density at radius 2 is 1.32 bits per heavy atom. The minimum Gasteiger partial charge on any atom is -0.475 e. The summed E-state index contributed by atoms with van der Waals surface area (Å²) in [4.78, 5) is 23.1. The average Bonchev–Trinajstić information content (AvgIpc) is 3.50. The van der Waals surface area contributed by atoms with E-state index in [0.717, 1.165) is 17.9 Å². The Kier molecular flexibility index (Phi) is 11.6. The molecule has 0 radical (unpaired) electrons. The van der Waals surface area contributed by atoms with Gasteiger partial charge in [0.25, 0.3) is 0 Å². The normalized spacial score (nSPS) is 21.7. The monoisotopic (exact) mass is 552 g/mol. The lowest BCUT2D eigenvalue weighted by Gasteiger charge is -2.35. The molecule has 1 unspecified atom stereocenters. The van der Waals surface area contributed by atoms with Gasteiger partial charge in [0.15, 0.2) is 0 Å². The summed E-state index contributed by atoms with van der Waals surface area (Å²) in [5, 5.41) is 14.2. The summed E-state index contributed by atoms with van der Waals surface area (Å²) in [5.41, 5.74) is 2.11. The van der Waals surface area contributed by atoms with Gasteiger partial charge in [-0.2, -0.15) is 26.3 Å². The number of halogens is 6. The fraction of sp³-hybridized carbons (Fsp3) is 0.615. The van der Waals surface area contributed by atoms with Crippen LogP contribution >= 0.6 is 0 Å². The third kappa shape index (κ3) is 11.0. The van der Waals surface area contributed by atoms with Gasteiger partial charge in [-0.15, -0.1) is 0 Å². The molecule has 1 spiro atoms. The number of benzene rings is 1. The van der Waals surface area contributed by atoms with Crippen molar-refractivity contribution in [2.45, 2.75) is 50.9 Å². The van der Waals surface area contributed by atoms with Crippen molar-refractivity contribution in [3.63, 3.8) is 0 Å². The van der Waals surface area contributed by atoms with Crippen LogP contribution < -0.4 is 0 Å². The van der Waals surface area contributed by atoms with Crippen LogP contribution in [0.3, 0.4) is 0 Å². The van der Waals surface area contributed by atoms with Crippen molar-refractivity contribution in [3.8, 4) is 0 Å². The van der Waals surface area contributed by atoms with Crippen LogP contribution in [0, 0.1) is 11.3 Å². The van der Waals surface area contributed by atoms with Crippen molar-refractivity contribution in [3.05, 3.63) is 42.0 Å². The molecule has 4 rings (SSSR count). The lowest BCUT2D eigenvalue weighted by molar-refractivity contribution is -0.193. The molecular weight excluding hydrogens is 518 g/mol. The third-order valence-corrected chi connectivity index (χ3v) is 7.11. The molecule has 12 heteroatoms. The van der Waals surface area contributed by atoms with E-state index in [0.29, 0.717) is 0 Å². The average molecular weight is 553 g/mol. The van der Waals surface area contributed by atoms with Gasteiger partial charge in [-0.25, -0.2) is 9.59 Å². The molecule has 1 aromatic carbocycles. The van der Waals surface area contributed by atoms with Crippen LogP contribution in [0.15, 0.2) is 36.4 Å². The van der Waals surface area contributed by atoms with Crippen LogP contribution in [0.2, 0.25) is 0 Å². The van der Waals surface area contributed by atoms with E-state index in [1.54, 1.807) is 0 Å². The van der Waals surface area contributed by atoms with Gasteiger partial charge >= 0.3 is 24.3 Å². The van der Waals surface area contributed by atoms with E-state index in [-0.39, 0.29) is 0 Å². The molecule has 6 nitrogen and oxygen atoms in total. The second-order valence-corrected chi connectivity index (χ2v) is 9.84. The number of carboxylic acid groups (broad SMARTS) is 2. The van der Waals surface area contributed by atoms with Gasteiger partial charge in [-0.1, -0.05) is 61.7 Å². The number of nitrogens with zero attached hydrogens (tertiary/aromatic N) is 2. The van der Waals surface area contributed by atoms with Crippen molar-refractivity contribution in [1.29, 1.82) is 0 Å². The molecule has 1 aliphatic heterocycles. The van der Waals surface area contributed by atoms with E-state index in [1.165, 1.54) is 76.8 Å². The maximum Gasteiger partial charge on any atom is 0.490 e. The first kappa shape index (κ1) is 31.6. The van der Waals surface area contributed by atoms with Gasteiger partial charge in [0, 0.05) is 39.3 Å². The van der Waals surface area contributed by atoms with Crippen LogP contribution in [-0.2, 0) is 9.59 Å². The Balaban J connectivity index is 0.000000301. The SMILES string of the molecule is C(=Cc1ccccc1)CN1CCN(CC2CC23CCCCC3)CC1.O=C(O)C(F)(F)F.O=C(O)C(F)(F)F. The largest absolute Gasteiger partial charge is 0.490 e. The first-order valence-corrected chi connectivity index (χ1v) is 12.5. The first-order chi connectivity index (χ1) is 17.7. The van der Waals surface area contributed by atoms with Gasteiger partial charge in [0.1, 0.15) is 0 Å². The number of hydrogen-bond acceptors (Lipinski definition) is 4. The zero-order valence-electron chi connectivity index (χ0n) is 21.0. The molecule has 3 fully saturated rings. The summed E-state index contributed by atoms with van der Waals surface area (Å²) in [7, 11) is 0. The second-order valence-electron chi connectivity index (χ2n) is 9.84. The molecule has 38 heavy (non-hydrogen) atoms. The maximum absolute atomic E-state index is 10.6. The van der Waals surface area contributed by atoms with Crippen molar-refractivity contribution in [1.82, 2.24) is 9.80 Å². The van der Waals surface area contributed by atoms with E-state index >= 15 is 0 Å². The van der Waals surface area contributed by atoms with E-state index in [4.69, 9.17) is 19.8 Å².